The van der Waals surface area contributed by atoms with Gasteiger partial charge in [-0.15, -0.1) is 0 Å². The molecule has 0 saturated carbocycles. The molecule has 3 aliphatic heterocycles. The van der Waals surface area contributed by atoms with Crippen LogP contribution in [0.15, 0.2) is 106 Å². The van der Waals surface area contributed by atoms with Gasteiger partial charge in [-0.3, -0.25) is 0 Å². The fraction of sp³-hybridized carbons (Fsp3) is 0.276. The van der Waals surface area contributed by atoms with Crippen LogP contribution >= 0.6 is 7.36 Å². The van der Waals surface area contributed by atoms with Crippen LogP contribution in [0.5, 0.6) is 0 Å². The Morgan fingerprint density at radius 1 is 0.861 bits per heavy atom. The summed E-state index contributed by atoms with van der Waals surface area (Å²) in [4.78, 5) is 2.36. The summed E-state index contributed by atoms with van der Waals surface area (Å²) >= 11 is 0. The number of hydrazone groups is 1. The molecule has 0 unspecified atom stereocenters. The summed E-state index contributed by atoms with van der Waals surface area (Å²) in [7, 11) is -0.368. The minimum absolute atomic E-state index is 0.191. The molecule has 1 fully saturated rings. The molecule has 6 rings (SSSR count). The summed E-state index contributed by atoms with van der Waals surface area (Å²) in [5.74, 6) is 0. The van der Waals surface area contributed by atoms with E-state index in [0.29, 0.717) is 13.2 Å². The molecular formula is C29H32N5OP. The van der Waals surface area contributed by atoms with Crippen molar-refractivity contribution in [2.75, 3.05) is 43.0 Å². The highest BCUT2D eigenvalue weighted by molar-refractivity contribution is 7.71. The van der Waals surface area contributed by atoms with Crippen LogP contribution in [-0.2, 0) is 10.2 Å². The molecule has 0 amide bonds. The molecule has 6 nitrogen and oxygen atoms in total. The van der Waals surface area contributed by atoms with Crippen LogP contribution in [0, 0.1) is 0 Å². The van der Waals surface area contributed by atoms with Crippen molar-refractivity contribution in [2.45, 2.75) is 19.3 Å². The highest BCUT2D eigenvalue weighted by Crippen LogP contribution is 2.70. The van der Waals surface area contributed by atoms with E-state index in [2.05, 4.69) is 120 Å². The van der Waals surface area contributed by atoms with Gasteiger partial charge in [-0.05, 0) is 35.9 Å². The minimum Gasteiger partial charge on any atom is -0.379 e. The molecule has 0 N–H and O–H groups in total. The molecule has 7 heteroatoms. The van der Waals surface area contributed by atoms with Crippen molar-refractivity contribution in [3.8, 4) is 0 Å². The van der Waals surface area contributed by atoms with E-state index in [0.717, 1.165) is 24.5 Å². The van der Waals surface area contributed by atoms with E-state index in [9.17, 15) is 0 Å². The van der Waals surface area contributed by atoms with Gasteiger partial charge in [0.25, 0.3) is 0 Å². The Bertz CT molecular complexity index is 1380. The van der Waals surface area contributed by atoms with Crippen LogP contribution in [0.2, 0.25) is 0 Å². The van der Waals surface area contributed by atoms with Crippen LogP contribution in [0.25, 0.3) is 0 Å². The highest BCUT2D eigenvalue weighted by atomic mass is 31.2. The van der Waals surface area contributed by atoms with Gasteiger partial charge in [0.15, 0.2) is 7.36 Å². The van der Waals surface area contributed by atoms with Gasteiger partial charge in [0, 0.05) is 36.9 Å². The van der Waals surface area contributed by atoms with Crippen molar-refractivity contribution in [1.29, 1.82) is 0 Å². The fourth-order valence-corrected chi connectivity index (χ4v) is 9.54. The third-order valence-electron chi connectivity index (χ3n) is 7.37. The number of allylic oxidation sites excluding steroid dienone is 2. The molecule has 3 aromatic rings. The van der Waals surface area contributed by atoms with E-state index in [4.69, 9.17) is 14.6 Å². The lowest BCUT2D eigenvalue weighted by molar-refractivity contribution is 0.0743. The van der Waals surface area contributed by atoms with Crippen LogP contribution in [0.4, 0.5) is 17.1 Å². The average Bonchev–Trinajstić information content (AvgIpc) is 3.38. The van der Waals surface area contributed by atoms with E-state index in [-0.39, 0.29) is 5.41 Å². The summed E-state index contributed by atoms with van der Waals surface area (Å²) < 4.78 is 16.2. The van der Waals surface area contributed by atoms with Crippen LogP contribution in [-0.4, -0.2) is 44.2 Å². The van der Waals surface area contributed by atoms with Gasteiger partial charge in [-0.1, -0.05) is 68.4 Å². The lowest BCUT2D eigenvalue weighted by Gasteiger charge is -2.42. The first-order valence-corrected chi connectivity index (χ1v) is 14.2. The first kappa shape index (κ1) is 23.2. The number of rotatable bonds is 3. The van der Waals surface area contributed by atoms with Gasteiger partial charge in [0.1, 0.15) is 0 Å². The zero-order valence-corrected chi connectivity index (χ0v) is 22.0. The van der Waals surface area contributed by atoms with Gasteiger partial charge in [-0.2, -0.15) is 5.10 Å². The molecule has 0 spiro atoms. The maximum Gasteiger partial charge on any atom is 0.180 e. The predicted molar refractivity (Wildman–Crippen MR) is 150 cm³/mol. The number of fused-ring (bicyclic) bond motifs is 1. The highest BCUT2D eigenvalue weighted by Gasteiger charge is 2.49. The number of hydrogen-bond donors (Lipinski definition) is 0. The van der Waals surface area contributed by atoms with Crippen molar-refractivity contribution in [2.24, 2.45) is 9.85 Å². The normalized spacial score (nSPS) is 25.3. The summed E-state index contributed by atoms with van der Waals surface area (Å²) in [5, 5.41) is 6.33. The molecule has 3 aliphatic rings. The van der Waals surface area contributed by atoms with Gasteiger partial charge < -0.3 is 9.64 Å². The number of para-hydroxylation sites is 2. The van der Waals surface area contributed by atoms with Gasteiger partial charge in [0.05, 0.1) is 36.1 Å². The second-order valence-corrected chi connectivity index (χ2v) is 12.6. The summed E-state index contributed by atoms with van der Waals surface area (Å²) in [5.41, 5.74) is 5.68. The zero-order chi connectivity index (χ0) is 24.8. The van der Waals surface area contributed by atoms with Crippen molar-refractivity contribution in [3.63, 3.8) is 0 Å². The number of ether oxygens (including phenoxy) is 1. The van der Waals surface area contributed by atoms with E-state index in [1.165, 1.54) is 22.3 Å². The lowest BCUT2D eigenvalue weighted by Crippen LogP contribution is -2.38. The molecule has 184 valence electrons. The number of morpholine rings is 1. The maximum absolute atomic E-state index is 5.82. The quantitative estimate of drug-likeness (QED) is 0.372. The van der Waals surface area contributed by atoms with E-state index in [1.807, 2.05) is 6.07 Å². The van der Waals surface area contributed by atoms with Crippen molar-refractivity contribution >= 4 is 30.6 Å². The molecular weight excluding hydrogens is 465 g/mol. The molecule has 3 aromatic carbocycles. The second-order valence-electron chi connectivity index (χ2n) is 9.87. The van der Waals surface area contributed by atoms with Crippen molar-refractivity contribution in [1.82, 2.24) is 4.67 Å². The van der Waals surface area contributed by atoms with Gasteiger partial charge >= 0.3 is 0 Å². The maximum atomic E-state index is 5.82. The Morgan fingerprint density at radius 2 is 1.50 bits per heavy atom. The monoisotopic (exact) mass is 497 g/mol. The smallest absolute Gasteiger partial charge is 0.180 e. The Kier molecular flexibility index (Phi) is 5.83. The number of likely N-dealkylation sites (N-methyl/N-ethyl adjacent to an activating group) is 1. The Balaban J connectivity index is 1.68. The topological polar surface area (TPSA) is 43.7 Å². The number of nitrogens with zero attached hydrogens (tertiary/aromatic N) is 5. The van der Waals surface area contributed by atoms with E-state index >= 15 is 0 Å². The molecule has 0 aromatic heterocycles. The number of benzene rings is 3. The van der Waals surface area contributed by atoms with Crippen LogP contribution in [0.1, 0.15) is 19.4 Å². The molecule has 1 saturated heterocycles. The van der Waals surface area contributed by atoms with Gasteiger partial charge in [-0.25, -0.2) is 14.2 Å². The summed E-state index contributed by atoms with van der Waals surface area (Å²) in [6.45, 7) is 7.66. The minimum atomic E-state index is -2.55. The zero-order valence-electron chi connectivity index (χ0n) is 21.1. The molecule has 3 heterocycles. The third kappa shape index (κ3) is 3.55. The Hall–Kier alpha value is -3.18. The molecule has 36 heavy (non-hydrogen) atoms. The van der Waals surface area contributed by atoms with E-state index in [1.54, 1.807) is 0 Å². The third-order valence-corrected chi connectivity index (χ3v) is 10.9. The second kappa shape index (κ2) is 9.04. The predicted octanol–water partition coefficient (Wildman–Crippen LogP) is 6.83. The molecule has 0 bridgehead atoms. The number of anilines is 2. The molecule has 0 radical (unpaired) electrons. The van der Waals surface area contributed by atoms with Crippen molar-refractivity contribution in [3.05, 3.63) is 102 Å². The van der Waals surface area contributed by atoms with Crippen LogP contribution < -0.4 is 9.68 Å². The molecule has 0 aliphatic carbocycles. The van der Waals surface area contributed by atoms with E-state index < -0.39 is 7.36 Å². The standard InChI is InChI=1S/C29H32N5OP/c1-29(2)25-16-10-11-17-26(25)32(3)28(29)27-22-30-34(24-14-8-5-9-15-24)36(27,33-18-20-35-21-19-33)31-23-12-6-4-7-13-23/h4-17,22H,18-21H2,1-3H3/b28-27+/t36-/m1/s1. The van der Waals surface area contributed by atoms with Crippen molar-refractivity contribution < 1.29 is 4.74 Å². The first-order valence-electron chi connectivity index (χ1n) is 12.5. The van der Waals surface area contributed by atoms with Crippen LogP contribution in [0.3, 0.4) is 0 Å². The summed E-state index contributed by atoms with van der Waals surface area (Å²) in [6.07, 6.45) is 2.09. The summed E-state index contributed by atoms with van der Waals surface area (Å²) in [6, 6.07) is 29.6. The first-order chi connectivity index (χ1) is 17.5. The Morgan fingerprint density at radius 3 is 2.19 bits per heavy atom. The number of hydrogen-bond acceptors (Lipinski definition) is 4. The average molecular weight is 498 g/mol. The largest absolute Gasteiger partial charge is 0.379 e. The Labute approximate surface area is 213 Å². The SMILES string of the molecule is CN1/C(=C2\C=NN(c3ccccc3)[P@]2(=Nc2ccccc2)N2CCOCC2)C(C)(C)c2ccccc21. The lowest BCUT2D eigenvalue weighted by atomic mass is 9.84. The fourth-order valence-electron chi connectivity index (χ4n) is 5.73. The van der Waals surface area contributed by atoms with Gasteiger partial charge in [0.2, 0.25) is 0 Å². The molecule has 1 atom stereocenters.